The Kier molecular flexibility index (Phi) is 6.19. The summed E-state index contributed by atoms with van der Waals surface area (Å²) in [7, 11) is 0. The number of hydrogen-bond acceptors (Lipinski definition) is 3. The van der Waals surface area contributed by atoms with E-state index < -0.39 is 0 Å². The Hall–Kier alpha value is -4.74. The van der Waals surface area contributed by atoms with Gasteiger partial charge in [0.15, 0.2) is 0 Å². The maximum absolute atomic E-state index is 12.4. The van der Waals surface area contributed by atoms with Crippen LogP contribution in [0.25, 0.3) is 39.0 Å². The molecule has 0 aliphatic heterocycles. The molecule has 5 heteroatoms. The van der Waals surface area contributed by atoms with Gasteiger partial charge in [-0.3, -0.25) is 4.79 Å². The summed E-state index contributed by atoms with van der Waals surface area (Å²) in [6, 6.07) is 35.0. The molecule has 2 N–H and O–H groups in total. The Morgan fingerprint density at radius 1 is 0.730 bits per heavy atom. The number of aromatic amines is 1. The molecule has 6 aromatic rings. The normalized spacial score (nSPS) is 11.1. The molecule has 0 amide bonds. The summed E-state index contributed by atoms with van der Waals surface area (Å²) in [6.07, 6.45) is 5.74. The molecule has 0 aliphatic carbocycles. The van der Waals surface area contributed by atoms with Crippen molar-refractivity contribution in [2.24, 2.45) is 0 Å². The molecule has 3 aromatic heterocycles. The zero-order valence-corrected chi connectivity index (χ0v) is 20.3. The molecule has 0 saturated heterocycles. The fourth-order valence-electron chi connectivity index (χ4n) is 4.59. The maximum Gasteiger partial charge on any atom is 0.257 e. The van der Waals surface area contributed by atoms with Crippen LogP contribution in [0, 0.1) is 0 Å². The van der Waals surface area contributed by atoms with Gasteiger partial charge in [0.25, 0.3) is 5.56 Å². The lowest BCUT2D eigenvalue weighted by atomic mass is 9.97. The average Bonchev–Trinajstić information content (AvgIpc) is 3.49. The third-order valence-corrected chi connectivity index (χ3v) is 6.56. The molecule has 0 saturated carbocycles. The van der Waals surface area contributed by atoms with E-state index in [4.69, 9.17) is 4.98 Å². The summed E-state index contributed by atoms with van der Waals surface area (Å²) >= 11 is 0. The van der Waals surface area contributed by atoms with Crippen LogP contribution in [0.5, 0.6) is 0 Å². The number of hydrogen-bond donors (Lipinski definition) is 2. The van der Waals surface area contributed by atoms with E-state index in [2.05, 4.69) is 63.4 Å². The zero-order valence-electron chi connectivity index (χ0n) is 20.3. The van der Waals surface area contributed by atoms with Gasteiger partial charge in [-0.1, -0.05) is 66.7 Å². The highest BCUT2D eigenvalue weighted by Gasteiger charge is 2.13. The van der Waals surface area contributed by atoms with Crippen molar-refractivity contribution in [2.75, 3.05) is 0 Å². The van der Waals surface area contributed by atoms with Gasteiger partial charge in [-0.2, -0.15) is 0 Å². The van der Waals surface area contributed by atoms with Crippen LogP contribution in [0.3, 0.4) is 0 Å². The molecular weight excluding hydrogens is 456 g/mol. The van der Waals surface area contributed by atoms with Gasteiger partial charge in [-0.15, -0.1) is 0 Å². The van der Waals surface area contributed by atoms with Crippen molar-refractivity contribution in [1.82, 2.24) is 19.9 Å². The Bertz CT molecular complexity index is 1690. The van der Waals surface area contributed by atoms with Crippen molar-refractivity contribution in [3.63, 3.8) is 0 Å². The lowest BCUT2D eigenvalue weighted by Gasteiger charge is -2.12. The molecule has 180 valence electrons. The molecule has 5 nitrogen and oxygen atoms in total. The van der Waals surface area contributed by atoms with Gasteiger partial charge in [0.05, 0.1) is 16.6 Å². The van der Waals surface area contributed by atoms with Crippen LogP contribution in [0.4, 0.5) is 0 Å². The number of fused-ring (bicyclic) bond motifs is 1. The van der Waals surface area contributed by atoms with Crippen molar-refractivity contribution in [1.29, 1.82) is 0 Å². The predicted molar refractivity (Wildman–Crippen MR) is 150 cm³/mol. The summed E-state index contributed by atoms with van der Waals surface area (Å²) in [5.74, 6) is 0. The van der Waals surface area contributed by atoms with Crippen molar-refractivity contribution >= 4 is 10.9 Å². The van der Waals surface area contributed by atoms with Gasteiger partial charge < -0.3 is 14.9 Å². The van der Waals surface area contributed by atoms with E-state index >= 15 is 0 Å². The van der Waals surface area contributed by atoms with E-state index in [1.54, 1.807) is 6.20 Å². The topological polar surface area (TPSA) is 62.7 Å². The van der Waals surface area contributed by atoms with Crippen LogP contribution in [0.1, 0.15) is 11.1 Å². The Morgan fingerprint density at radius 2 is 1.41 bits per heavy atom. The molecule has 37 heavy (non-hydrogen) atoms. The quantitative estimate of drug-likeness (QED) is 0.279. The molecule has 0 spiro atoms. The van der Waals surface area contributed by atoms with Crippen molar-refractivity contribution in [3.8, 4) is 28.1 Å². The molecule has 0 unspecified atom stereocenters. The lowest BCUT2D eigenvalue weighted by Crippen LogP contribution is -2.12. The number of nitrogens with zero attached hydrogens (tertiary/aromatic N) is 2. The molecule has 3 heterocycles. The van der Waals surface area contributed by atoms with Gasteiger partial charge in [0.2, 0.25) is 0 Å². The fraction of sp³-hybridized carbons (Fsp3) is 0.0625. The van der Waals surface area contributed by atoms with Crippen LogP contribution in [0.15, 0.2) is 127 Å². The number of aromatic nitrogens is 3. The van der Waals surface area contributed by atoms with Gasteiger partial charge >= 0.3 is 0 Å². The minimum atomic E-state index is -0.130. The van der Waals surface area contributed by atoms with Crippen LogP contribution >= 0.6 is 0 Å². The summed E-state index contributed by atoms with van der Waals surface area (Å²) in [6.45, 7) is 1.57. The standard InChI is InChI=1S/C32H26N4O/c37-32-29-20-28(25-6-2-1-3-7-25)31(35-30(29)16-17-34-32)26-12-8-23(9-13-26)21-33-22-24-10-14-27(15-11-24)36-18-4-5-19-36/h1-20,33H,21-22H2,(H,34,37). The molecule has 0 atom stereocenters. The second-order valence-electron chi connectivity index (χ2n) is 9.05. The monoisotopic (exact) mass is 482 g/mol. The minimum Gasteiger partial charge on any atom is -0.328 e. The second kappa shape index (κ2) is 10.1. The lowest BCUT2D eigenvalue weighted by molar-refractivity contribution is 0.693. The molecule has 0 radical (unpaired) electrons. The first-order valence-electron chi connectivity index (χ1n) is 12.3. The van der Waals surface area contributed by atoms with Gasteiger partial charge in [-0.25, -0.2) is 4.98 Å². The number of pyridine rings is 2. The van der Waals surface area contributed by atoms with Crippen molar-refractivity contribution < 1.29 is 0 Å². The van der Waals surface area contributed by atoms with Gasteiger partial charge in [0.1, 0.15) is 0 Å². The Labute approximate surface area is 215 Å². The van der Waals surface area contributed by atoms with E-state index in [9.17, 15) is 4.79 Å². The smallest absolute Gasteiger partial charge is 0.257 e. The van der Waals surface area contributed by atoms with Crippen molar-refractivity contribution in [2.45, 2.75) is 13.1 Å². The first-order chi connectivity index (χ1) is 18.2. The third-order valence-electron chi connectivity index (χ3n) is 6.56. The molecule has 0 bridgehead atoms. The van der Waals surface area contributed by atoms with Crippen LogP contribution in [0.2, 0.25) is 0 Å². The molecular formula is C32H26N4O. The first-order valence-corrected chi connectivity index (χ1v) is 12.3. The van der Waals surface area contributed by atoms with Crippen LogP contribution in [-0.4, -0.2) is 14.5 Å². The summed E-state index contributed by atoms with van der Waals surface area (Å²) in [5.41, 5.74) is 8.02. The molecule has 0 fully saturated rings. The molecule has 6 rings (SSSR count). The first kappa shape index (κ1) is 22.7. The van der Waals surface area contributed by atoms with Crippen LogP contribution in [-0.2, 0) is 13.1 Å². The largest absolute Gasteiger partial charge is 0.328 e. The average molecular weight is 483 g/mol. The van der Waals surface area contributed by atoms with E-state index in [1.165, 1.54) is 11.1 Å². The number of nitrogens with one attached hydrogen (secondary N) is 2. The molecule has 0 aliphatic rings. The fourth-order valence-corrected chi connectivity index (χ4v) is 4.59. The number of rotatable bonds is 7. The van der Waals surface area contributed by atoms with Crippen LogP contribution < -0.4 is 10.9 Å². The minimum absolute atomic E-state index is 0.130. The van der Waals surface area contributed by atoms with E-state index in [1.807, 2.05) is 67.0 Å². The predicted octanol–water partition coefficient (Wildman–Crippen LogP) is 6.34. The SMILES string of the molecule is O=c1[nH]ccc2nc(-c3ccc(CNCc4ccc(-n5cccc5)cc4)cc3)c(-c3ccccc3)cc12. The zero-order chi connectivity index (χ0) is 25.0. The number of benzene rings is 3. The van der Waals surface area contributed by atoms with Gasteiger partial charge in [-0.05, 0) is 53.1 Å². The van der Waals surface area contributed by atoms with Crippen molar-refractivity contribution in [3.05, 3.63) is 143 Å². The summed E-state index contributed by atoms with van der Waals surface area (Å²) in [5, 5.41) is 4.13. The molecule has 3 aromatic carbocycles. The maximum atomic E-state index is 12.4. The summed E-state index contributed by atoms with van der Waals surface area (Å²) in [4.78, 5) is 20.1. The van der Waals surface area contributed by atoms with Gasteiger partial charge in [0, 0.05) is 48.5 Å². The van der Waals surface area contributed by atoms with E-state index in [0.29, 0.717) is 10.9 Å². The Morgan fingerprint density at radius 3 is 2.11 bits per heavy atom. The van der Waals surface area contributed by atoms with E-state index in [0.717, 1.165) is 41.2 Å². The Balaban J connectivity index is 1.20. The summed E-state index contributed by atoms with van der Waals surface area (Å²) < 4.78 is 2.10. The number of H-pyrrole nitrogens is 1. The second-order valence-corrected chi connectivity index (χ2v) is 9.05. The highest BCUT2D eigenvalue weighted by molar-refractivity contribution is 5.91. The third kappa shape index (κ3) is 4.85. The highest BCUT2D eigenvalue weighted by Crippen LogP contribution is 2.32. The van der Waals surface area contributed by atoms with E-state index in [-0.39, 0.29) is 5.56 Å². The highest BCUT2D eigenvalue weighted by atomic mass is 16.1.